The van der Waals surface area contributed by atoms with Gasteiger partial charge in [-0.1, -0.05) is 0 Å². The first-order valence-electron chi connectivity index (χ1n) is 9.23. The average molecular weight is 349 g/mol. The van der Waals surface area contributed by atoms with Gasteiger partial charge in [-0.3, -0.25) is 4.90 Å². The molecule has 4 aliphatic heterocycles. The van der Waals surface area contributed by atoms with E-state index in [1.54, 1.807) is 11.3 Å². The molecule has 1 N–H and O–H groups in total. The summed E-state index contributed by atoms with van der Waals surface area (Å²) in [4.78, 5) is 20.9. The Kier molecular flexibility index (Phi) is 4.79. The number of carbonyl (C=O) groups excluding carboxylic acids is 1. The fourth-order valence-electron chi connectivity index (χ4n) is 4.46. The number of aryl methyl sites for hydroxylation is 1. The number of rotatable bonds is 3. The molecule has 0 aliphatic carbocycles. The van der Waals surface area contributed by atoms with Gasteiger partial charge in [-0.25, -0.2) is 4.79 Å². The third kappa shape index (κ3) is 3.32. The van der Waals surface area contributed by atoms with Crippen molar-refractivity contribution in [1.82, 2.24) is 20.0 Å². The highest BCUT2D eigenvalue weighted by Gasteiger charge is 2.38. The molecule has 0 saturated carbocycles. The van der Waals surface area contributed by atoms with Gasteiger partial charge in [0.25, 0.3) is 0 Å². The fraction of sp³-hybridized carbons (Fsp3) is 0.722. The number of thiophene rings is 1. The molecule has 4 aliphatic rings. The molecule has 24 heavy (non-hydrogen) atoms. The maximum Gasteiger partial charge on any atom is 0.317 e. The maximum absolute atomic E-state index is 12.4. The summed E-state index contributed by atoms with van der Waals surface area (Å²) in [6.45, 7) is 10.4. The second-order valence-corrected chi connectivity index (χ2v) is 8.41. The molecule has 2 bridgehead atoms. The lowest BCUT2D eigenvalue weighted by Gasteiger charge is -2.50. The highest BCUT2D eigenvalue weighted by Crippen LogP contribution is 2.31. The van der Waals surface area contributed by atoms with Crippen LogP contribution in [0.1, 0.15) is 23.3 Å². The van der Waals surface area contributed by atoms with E-state index in [1.165, 1.54) is 42.9 Å². The van der Waals surface area contributed by atoms with Crippen LogP contribution < -0.4 is 5.32 Å². The summed E-state index contributed by atoms with van der Waals surface area (Å²) in [5.74, 6) is 0.886. The van der Waals surface area contributed by atoms with E-state index in [-0.39, 0.29) is 6.03 Å². The van der Waals surface area contributed by atoms with Crippen LogP contribution in [0.4, 0.5) is 4.79 Å². The molecule has 1 aromatic rings. The summed E-state index contributed by atoms with van der Waals surface area (Å²) in [5.41, 5.74) is 1.27. The van der Waals surface area contributed by atoms with E-state index in [9.17, 15) is 4.79 Å². The van der Waals surface area contributed by atoms with E-state index in [2.05, 4.69) is 33.5 Å². The van der Waals surface area contributed by atoms with Gasteiger partial charge in [0.1, 0.15) is 0 Å². The van der Waals surface area contributed by atoms with Crippen molar-refractivity contribution in [2.45, 2.75) is 32.4 Å². The summed E-state index contributed by atoms with van der Waals surface area (Å²) < 4.78 is 0. The first-order chi connectivity index (χ1) is 11.7. The first-order valence-corrected chi connectivity index (χ1v) is 10.1. The summed E-state index contributed by atoms with van der Waals surface area (Å²) in [5, 5.41) is 5.17. The zero-order valence-electron chi connectivity index (χ0n) is 14.5. The number of urea groups is 1. The van der Waals surface area contributed by atoms with Gasteiger partial charge in [0.15, 0.2) is 0 Å². The Labute approximate surface area is 148 Å². The minimum absolute atomic E-state index is 0.0939. The van der Waals surface area contributed by atoms with Crippen molar-refractivity contribution in [3.05, 3.63) is 21.9 Å². The summed E-state index contributed by atoms with van der Waals surface area (Å²) in [6, 6.07) is 2.93. The Morgan fingerprint density at radius 2 is 1.96 bits per heavy atom. The Morgan fingerprint density at radius 3 is 2.54 bits per heavy atom. The van der Waals surface area contributed by atoms with Crippen molar-refractivity contribution < 1.29 is 4.79 Å². The van der Waals surface area contributed by atoms with Crippen molar-refractivity contribution in [1.29, 1.82) is 0 Å². The predicted molar refractivity (Wildman–Crippen MR) is 97.4 cm³/mol. The molecule has 4 fully saturated rings. The molecule has 0 unspecified atom stereocenters. The van der Waals surface area contributed by atoms with E-state index in [0.29, 0.717) is 6.54 Å². The molecule has 132 valence electrons. The minimum Gasteiger partial charge on any atom is -0.333 e. The van der Waals surface area contributed by atoms with Crippen LogP contribution in [0.2, 0.25) is 0 Å². The molecular weight excluding hydrogens is 320 g/mol. The lowest BCUT2D eigenvalue weighted by Crippen LogP contribution is -2.62. The zero-order chi connectivity index (χ0) is 16.5. The topological polar surface area (TPSA) is 38.8 Å². The first kappa shape index (κ1) is 16.4. The van der Waals surface area contributed by atoms with Gasteiger partial charge in [-0.05, 0) is 55.8 Å². The monoisotopic (exact) mass is 348 g/mol. The van der Waals surface area contributed by atoms with Crippen LogP contribution in [0.3, 0.4) is 0 Å². The van der Waals surface area contributed by atoms with Crippen molar-refractivity contribution in [2.75, 3.05) is 45.8 Å². The van der Waals surface area contributed by atoms with Crippen LogP contribution in [-0.2, 0) is 6.54 Å². The smallest absolute Gasteiger partial charge is 0.317 e. The van der Waals surface area contributed by atoms with Crippen LogP contribution >= 0.6 is 11.3 Å². The van der Waals surface area contributed by atoms with E-state index in [0.717, 1.165) is 38.1 Å². The molecule has 4 saturated heterocycles. The number of nitrogens with one attached hydrogen (secondary N) is 1. The van der Waals surface area contributed by atoms with Gasteiger partial charge in [-0.2, -0.15) is 0 Å². The lowest BCUT2D eigenvalue weighted by molar-refractivity contribution is -0.0103. The average Bonchev–Trinajstić information content (AvgIpc) is 3.06. The Bertz CT molecular complexity index is 573. The summed E-state index contributed by atoms with van der Waals surface area (Å²) in [6.07, 6.45) is 2.73. The van der Waals surface area contributed by atoms with E-state index >= 15 is 0 Å². The van der Waals surface area contributed by atoms with Gasteiger partial charge in [0, 0.05) is 43.6 Å². The number of amides is 2. The Hall–Kier alpha value is -1.11. The maximum atomic E-state index is 12.4. The van der Waals surface area contributed by atoms with Gasteiger partial charge >= 0.3 is 6.03 Å². The standard InChI is InChI=1S/C18H28N4OS/c1-14-4-11-24-17(14)12-19-18(23)22-9-7-21(8-10-22)16-13-20-5-2-15(16)3-6-20/h4,11,15-16H,2-3,5-10,12-13H2,1H3,(H,19,23)/t16-/m1/s1. The van der Waals surface area contributed by atoms with E-state index in [1.807, 2.05) is 4.90 Å². The van der Waals surface area contributed by atoms with Crippen molar-refractivity contribution >= 4 is 17.4 Å². The number of carbonyl (C=O) groups is 1. The number of hydrogen-bond acceptors (Lipinski definition) is 4. The minimum atomic E-state index is 0.0939. The van der Waals surface area contributed by atoms with Gasteiger partial charge in [0.2, 0.25) is 0 Å². The lowest BCUT2D eigenvalue weighted by atomic mass is 9.83. The normalized spacial score (nSPS) is 30.5. The number of hydrogen-bond donors (Lipinski definition) is 1. The van der Waals surface area contributed by atoms with Crippen molar-refractivity contribution in [2.24, 2.45) is 5.92 Å². The zero-order valence-corrected chi connectivity index (χ0v) is 15.4. The fourth-order valence-corrected chi connectivity index (χ4v) is 5.30. The molecule has 5 heterocycles. The van der Waals surface area contributed by atoms with Crippen molar-refractivity contribution in [3.8, 4) is 0 Å². The van der Waals surface area contributed by atoms with Crippen molar-refractivity contribution in [3.63, 3.8) is 0 Å². The molecular formula is C18H28N4OS. The second-order valence-electron chi connectivity index (χ2n) is 7.41. The van der Waals surface area contributed by atoms with Gasteiger partial charge in [-0.15, -0.1) is 11.3 Å². The van der Waals surface area contributed by atoms with Gasteiger partial charge < -0.3 is 15.1 Å². The molecule has 1 aromatic heterocycles. The number of piperidine rings is 3. The van der Waals surface area contributed by atoms with Crippen LogP contribution in [0.15, 0.2) is 11.4 Å². The quantitative estimate of drug-likeness (QED) is 0.908. The molecule has 1 atom stereocenters. The number of piperazine rings is 1. The van der Waals surface area contributed by atoms with Crippen LogP contribution in [-0.4, -0.2) is 72.6 Å². The Balaban J connectivity index is 1.25. The van der Waals surface area contributed by atoms with Gasteiger partial charge in [0.05, 0.1) is 6.54 Å². The highest BCUT2D eigenvalue weighted by molar-refractivity contribution is 7.10. The molecule has 0 radical (unpaired) electrons. The van der Waals surface area contributed by atoms with E-state index < -0.39 is 0 Å². The molecule has 0 spiro atoms. The molecule has 5 nitrogen and oxygen atoms in total. The second kappa shape index (κ2) is 7.02. The number of fused-ring (bicyclic) bond motifs is 3. The number of nitrogens with zero attached hydrogens (tertiary/aromatic N) is 3. The third-order valence-electron chi connectivity index (χ3n) is 6.06. The third-order valence-corrected chi connectivity index (χ3v) is 7.08. The highest BCUT2D eigenvalue weighted by atomic mass is 32.1. The predicted octanol–water partition coefficient (Wildman–Crippen LogP) is 1.98. The van der Waals surface area contributed by atoms with Crippen LogP contribution in [0.5, 0.6) is 0 Å². The largest absolute Gasteiger partial charge is 0.333 e. The summed E-state index contributed by atoms with van der Waals surface area (Å²) >= 11 is 1.72. The van der Waals surface area contributed by atoms with Crippen LogP contribution in [0.25, 0.3) is 0 Å². The van der Waals surface area contributed by atoms with Crippen LogP contribution in [0, 0.1) is 12.8 Å². The molecule has 0 aromatic carbocycles. The molecule has 6 heteroatoms. The summed E-state index contributed by atoms with van der Waals surface area (Å²) in [7, 11) is 0. The molecule has 2 amide bonds. The molecule has 5 rings (SSSR count). The Morgan fingerprint density at radius 1 is 1.21 bits per heavy atom. The SMILES string of the molecule is Cc1ccsc1CNC(=O)N1CCN([C@@H]2CN3CCC2CC3)CC1. The van der Waals surface area contributed by atoms with E-state index in [4.69, 9.17) is 0 Å².